The van der Waals surface area contributed by atoms with Gasteiger partial charge in [-0.25, -0.2) is 0 Å². The number of rotatable bonds is 5. The summed E-state index contributed by atoms with van der Waals surface area (Å²) in [6.07, 6.45) is 0.458. The molecule has 1 aromatic rings. The molecule has 1 fully saturated rings. The minimum Gasteiger partial charge on any atom is -0.435 e. The summed E-state index contributed by atoms with van der Waals surface area (Å²) in [5.74, 6) is -0.261. The third-order valence-corrected chi connectivity index (χ3v) is 3.44. The number of hydrogen-bond acceptors (Lipinski definition) is 4. The summed E-state index contributed by atoms with van der Waals surface area (Å²) < 4.78 is 33.9. The van der Waals surface area contributed by atoms with Crippen LogP contribution >= 0.6 is 0 Å². The average Bonchev–Trinajstić information content (AvgIpc) is 2.86. The van der Waals surface area contributed by atoms with E-state index >= 15 is 0 Å². The second-order valence-electron chi connectivity index (χ2n) is 5.10. The van der Waals surface area contributed by atoms with E-state index in [9.17, 15) is 13.6 Å². The SMILES string of the molecule is CC(NC(=O)C1(N)CCOC1)c1cccc(OC(F)F)c1. The third-order valence-electron chi connectivity index (χ3n) is 3.44. The fourth-order valence-electron chi connectivity index (χ4n) is 2.14. The predicted molar refractivity (Wildman–Crippen MR) is 72.0 cm³/mol. The molecule has 1 aliphatic rings. The van der Waals surface area contributed by atoms with Gasteiger partial charge in [0.1, 0.15) is 11.3 Å². The smallest absolute Gasteiger partial charge is 0.387 e. The highest BCUT2D eigenvalue weighted by atomic mass is 19.3. The fourth-order valence-corrected chi connectivity index (χ4v) is 2.14. The molecule has 5 nitrogen and oxygen atoms in total. The Morgan fingerprint density at radius 2 is 2.29 bits per heavy atom. The fraction of sp³-hybridized carbons (Fsp3) is 0.500. The van der Waals surface area contributed by atoms with E-state index in [0.717, 1.165) is 0 Å². The van der Waals surface area contributed by atoms with Crippen LogP contribution in [0.2, 0.25) is 0 Å². The summed E-state index contributed by atoms with van der Waals surface area (Å²) in [5, 5.41) is 2.77. The van der Waals surface area contributed by atoms with Crippen LogP contribution in [0.15, 0.2) is 24.3 Å². The number of amides is 1. The zero-order valence-corrected chi connectivity index (χ0v) is 11.6. The highest BCUT2D eigenvalue weighted by Gasteiger charge is 2.38. The van der Waals surface area contributed by atoms with Crippen molar-refractivity contribution >= 4 is 5.91 Å². The Morgan fingerprint density at radius 1 is 1.52 bits per heavy atom. The molecule has 1 aromatic carbocycles. The van der Waals surface area contributed by atoms with Crippen molar-refractivity contribution in [2.24, 2.45) is 5.73 Å². The van der Waals surface area contributed by atoms with Gasteiger partial charge in [0.05, 0.1) is 12.6 Å². The maximum Gasteiger partial charge on any atom is 0.387 e. The van der Waals surface area contributed by atoms with E-state index in [1.807, 2.05) is 0 Å². The van der Waals surface area contributed by atoms with Gasteiger partial charge in [-0.2, -0.15) is 8.78 Å². The second kappa shape index (κ2) is 6.36. The van der Waals surface area contributed by atoms with E-state index < -0.39 is 12.2 Å². The molecular weight excluding hydrogens is 282 g/mol. The quantitative estimate of drug-likeness (QED) is 0.866. The lowest BCUT2D eigenvalue weighted by molar-refractivity contribution is -0.127. The Bertz CT molecular complexity index is 505. The number of ether oxygens (including phenoxy) is 2. The van der Waals surface area contributed by atoms with Crippen LogP contribution in [0.1, 0.15) is 24.9 Å². The first-order valence-electron chi connectivity index (χ1n) is 6.63. The zero-order valence-electron chi connectivity index (χ0n) is 11.6. The van der Waals surface area contributed by atoms with Crippen molar-refractivity contribution in [1.82, 2.24) is 5.32 Å². The van der Waals surface area contributed by atoms with Gasteiger partial charge in [0.2, 0.25) is 5.91 Å². The van der Waals surface area contributed by atoms with Gasteiger partial charge < -0.3 is 20.5 Å². The van der Waals surface area contributed by atoms with E-state index in [4.69, 9.17) is 10.5 Å². The molecule has 2 atom stereocenters. The summed E-state index contributed by atoms with van der Waals surface area (Å²) >= 11 is 0. The second-order valence-corrected chi connectivity index (χ2v) is 5.10. The van der Waals surface area contributed by atoms with Crippen molar-refractivity contribution < 1.29 is 23.0 Å². The Kier molecular flexibility index (Phi) is 4.74. The molecule has 1 heterocycles. The lowest BCUT2D eigenvalue weighted by atomic mass is 9.98. The molecule has 7 heteroatoms. The van der Waals surface area contributed by atoms with Gasteiger partial charge >= 0.3 is 6.61 Å². The van der Waals surface area contributed by atoms with Gasteiger partial charge in [0.25, 0.3) is 0 Å². The number of carbonyl (C=O) groups excluding carboxylic acids is 1. The Labute approximate surface area is 121 Å². The largest absolute Gasteiger partial charge is 0.435 e. The number of alkyl halides is 2. The van der Waals surface area contributed by atoms with Crippen molar-refractivity contribution in [3.63, 3.8) is 0 Å². The first-order chi connectivity index (χ1) is 9.90. The van der Waals surface area contributed by atoms with Crippen molar-refractivity contribution in [3.05, 3.63) is 29.8 Å². The molecule has 0 aromatic heterocycles. The normalized spacial score (nSPS) is 23.1. The molecule has 0 radical (unpaired) electrons. The monoisotopic (exact) mass is 300 g/mol. The summed E-state index contributed by atoms with van der Waals surface area (Å²) in [7, 11) is 0. The van der Waals surface area contributed by atoms with Crippen LogP contribution in [0.5, 0.6) is 5.75 Å². The Hall–Kier alpha value is -1.73. The first-order valence-corrected chi connectivity index (χ1v) is 6.63. The van der Waals surface area contributed by atoms with E-state index in [1.165, 1.54) is 12.1 Å². The molecule has 1 aliphatic heterocycles. The van der Waals surface area contributed by atoms with Crippen LogP contribution in [0.25, 0.3) is 0 Å². The molecule has 0 saturated carbocycles. The number of hydrogen-bond donors (Lipinski definition) is 2. The van der Waals surface area contributed by atoms with Crippen LogP contribution < -0.4 is 15.8 Å². The molecule has 116 valence electrons. The van der Waals surface area contributed by atoms with Crippen LogP contribution in [0.4, 0.5) is 8.78 Å². The van der Waals surface area contributed by atoms with Gasteiger partial charge in [-0.3, -0.25) is 4.79 Å². The molecule has 2 rings (SSSR count). The molecule has 0 bridgehead atoms. The van der Waals surface area contributed by atoms with Crippen molar-refractivity contribution in [3.8, 4) is 5.75 Å². The van der Waals surface area contributed by atoms with E-state index in [-0.39, 0.29) is 24.3 Å². The molecule has 2 unspecified atom stereocenters. The first kappa shape index (κ1) is 15.7. The van der Waals surface area contributed by atoms with Crippen LogP contribution in [0.3, 0.4) is 0 Å². The van der Waals surface area contributed by atoms with Crippen molar-refractivity contribution in [1.29, 1.82) is 0 Å². The van der Waals surface area contributed by atoms with Gasteiger partial charge in [-0.15, -0.1) is 0 Å². The highest BCUT2D eigenvalue weighted by Crippen LogP contribution is 2.22. The molecule has 1 amide bonds. The molecule has 21 heavy (non-hydrogen) atoms. The Balaban J connectivity index is 2.02. The summed E-state index contributed by atoms with van der Waals surface area (Å²) in [5.41, 5.74) is 5.60. The molecule has 0 aliphatic carbocycles. The third kappa shape index (κ3) is 3.89. The van der Waals surface area contributed by atoms with E-state index in [2.05, 4.69) is 10.1 Å². The lowest BCUT2D eigenvalue weighted by Crippen LogP contribution is -2.54. The molecular formula is C14H18F2N2O3. The predicted octanol–water partition coefficient (Wildman–Crippen LogP) is 1.58. The number of nitrogens with one attached hydrogen (secondary N) is 1. The molecule has 1 saturated heterocycles. The van der Waals surface area contributed by atoms with Gasteiger partial charge in [-0.05, 0) is 31.0 Å². The minimum atomic E-state index is -2.88. The highest BCUT2D eigenvalue weighted by molar-refractivity contribution is 5.86. The van der Waals surface area contributed by atoms with Crippen LogP contribution in [-0.2, 0) is 9.53 Å². The summed E-state index contributed by atoms with van der Waals surface area (Å²) in [6.45, 7) is -0.498. The zero-order chi connectivity index (χ0) is 15.5. The lowest BCUT2D eigenvalue weighted by Gasteiger charge is -2.24. The van der Waals surface area contributed by atoms with Crippen LogP contribution in [0, 0.1) is 0 Å². The number of benzene rings is 1. The van der Waals surface area contributed by atoms with Gasteiger partial charge in [-0.1, -0.05) is 12.1 Å². The Morgan fingerprint density at radius 3 is 2.90 bits per heavy atom. The molecule has 3 N–H and O–H groups in total. The standard InChI is InChI=1S/C14H18F2N2O3/c1-9(18-12(19)14(17)5-6-20-8-14)10-3-2-4-11(7-10)21-13(15)16/h2-4,7,9,13H,5-6,8,17H2,1H3,(H,18,19). The summed E-state index contributed by atoms with van der Waals surface area (Å²) in [4.78, 5) is 12.1. The number of halogens is 2. The minimum absolute atomic E-state index is 0.0512. The maximum atomic E-state index is 12.2. The number of nitrogens with two attached hydrogens (primary N) is 1. The average molecular weight is 300 g/mol. The van der Waals surface area contributed by atoms with Crippen molar-refractivity contribution in [2.75, 3.05) is 13.2 Å². The number of carbonyl (C=O) groups is 1. The molecule has 0 spiro atoms. The van der Waals surface area contributed by atoms with Crippen LogP contribution in [-0.4, -0.2) is 31.3 Å². The topological polar surface area (TPSA) is 73.6 Å². The van der Waals surface area contributed by atoms with Gasteiger partial charge in [0, 0.05) is 6.61 Å². The maximum absolute atomic E-state index is 12.2. The van der Waals surface area contributed by atoms with Crippen molar-refractivity contribution in [2.45, 2.75) is 31.5 Å². The summed E-state index contributed by atoms with van der Waals surface area (Å²) in [6, 6.07) is 5.83. The van der Waals surface area contributed by atoms with Gasteiger partial charge in [0.15, 0.2) is 0 Å². The van der Waals surface area contributed by atoms with E-state index in [1.54, 1.807) is 19.1 Å². The van der Waals surface area contributed by atoms with E-state index in [0.29, 0.717) is 18.6 Å².